The number of nitrogens with zero attached hydrogens (tertiary/aromatic N) is 3. The molecule has 0 bridgehead atoms. The first kappa shape index (κ1) is 19.2. The van der Waals surface area contributed by atoms with E-state index in [2.05, 4.69) is 34.9 Å². The van der Waals surface area contributed by atoms with Crippen molar-refractivity contribution in [1.82, 2.24) is 20.0 Å². The van der Waals surface area contributed by atoms with Crippen LogP contribution < -0.4 is 5.32 Å². The SMILES string of the molecule is Cc1csc(-c2c(-c3ccc4c(c3)CN(C3CCC(=O)NC3=O)C4O)cnn2C)c1. The molecule has 8 heteroatoms. The van der Waals surface area contributed by atoms with Crippen LogP contribution in [0.5, 0.6) is 0 Å². The van der Waals surface area contributed by atoms with Gasteiger partial charge >= 0.3 is 0 Å². The van der Waals surface area contributed by atoms with Crippen LogP contribution >= 0.6 is 11.3 Å². The third-order valence-corrected chi connectivity index (χ3v) is 6.97. The Morgan fingerprint density at radius 2 is 2.10 bits per heavy atom. The molecular formula is C22H22N4O3S. The molecule has 0 radical (unpaired) electrons. The average molecular weight is 423 g/mol. The van der Waals surface area contributed by atoms with Crippen LogP contribution in [-0.4, -0.2) is 37.6 Å². The van der Waals surface area contributed by atoms with Crippen molar-refractivity contribution in [2.24, 2.45) is 7.05 Å². The molecule has 2 atom stereocenters. The van der Waals surface area contributed by atoms with Gasteiger partial charge in [-0.3, -0.25) is 24.5 Å². The molecule has 2 aliphatic heterocycles. The number of aliphatic hydroxyl groups is 1. The van der Waals surface area contributed by atoms with Crippen molar-refractivity contribution in [2.45, 2.75) is 38.6 Å². The minimum Gasteiger partial charge on any atom is -0.374 e. The van der Waals surface area contributed by atoms with Gasteiger partial charge in [0.15, 0.2) is 0 Å². The summed E-state index contributed by atoms with van der Waals surface area (Å²) in [7, 11) is 1.94. The number of rotatable bonds is 3. The number of amides is 2. The third kappa shape index (κ3) is 3.08. The van der Waals surface area contributed by atoms with Crippen LogP contribution in [0.2, 0.25) is 0 Å². The van der Waals surface area contributed by atoms with Gasteiger partial charge < -0.3 is 5.11 Å². The quantitative estimate of drug-likeness (QED) is 0.634. The minimum absolute atomic E-state index is 0.252. The van der Waals surface area contributed by atoms with Crippen LogP contribution in [0, 0.1) is 6.92 Å². The highest BCUT2D eigenvalue weighted by atomic mass is 32.1. The van der Waals surface area contributed by atoms with Gasteiger partial charge in [-0.15, -0.1) is 11.3 Å². The Labute approximate surface area is 177 Å². The molecule has 2 unspecified atom stereocenters. The van der Waals surface area contributed by atoms with Crippen LogP contribution in [0.4, 0.5) is 0 Å². The van der Waals surface area contributed by atoms with Gasteiger partial charge in [0.05, 0.1) is 22.8 Å². The number of aliphatic hydroxyl groups excluding tert-OH is 1. The number of carbonyl (C=O) groups is 2. The molecule has 1 fully saturated rings. The van der Waals surface area contributed by atoms with Gasteiger partial charge in [0.2, 0.25) is 11.8 Å². The zero-order chi connectivity index (χ0) is 21.0. The molecule has 2 N–H and O–H groups in total. The number of hydrogen-bond acceptors (Lipinski definition) is 6. The van der Waals surface area contributed by atoms with Crippen molar-refractivity contribution in [3.8, 4) is 21.7 Å². The van der Waals surface area contributed by atoms with Crippen LogP contribution in [0.1, 0.15) is 35.8 Å². The Hall–Kier alpha value is -2.81. The van der Waals surface area contributed by atoms with Gasteiger partial charge in [-0.05, 0) is 53.1 Å². The van der Waals surface area contributed by atoms with Crippen molar-refractivity contribution in [1.29, 1.82) is 0 Å². The normalized spacial score (nSPS) is 21.7. The van der Waals surface area contributed by atoms with E-state index in [4.69, 9.17) is 0 Å². The summed E-state index contributed by atoms with van der Waals surface area (Å²) in [6.07, 6.45) is 1.73. The maximum Gasteiger partial charge on any atom is 0.244 e. The van der Waals surface area contributed by atoms with Crippen molar-refractivity contribution in [2.75, 3.05) is 0 Å². The summed E-state index contributed by atoms with van der Waals surface area (Å²) in [4.78, 5) is 26.7. The van der Waals surface area contributed by atoms with E-state index in [0.717, 1.165) is 32.8 Å². The van der Waals surface area contributed by atoms with E-state index in [9.17, 15) is 14.7 Å². The van der Waals surface area contributed by atoms with Crippen molar-refractivity contribution in [3.63, 3.8) is 0 Å². The van der Waals surface area contributed by atoms with E-state index in [0.29, 0.717) is 19.4 Å². The first-order valence-corrected chi connectivity index (χ1v) is 10.8. The number of aryl methyl sites for hydroxylation is 2. The van der Waals surface area contributed by atoms with E-state index in [1.165, 1.54) is 5.56 Å². The largest absolute Gasteiger partial charge is 0.374 e. The summed E-state index contributed by atoms with van der Waals surface area (Å²) in [6, 6.07) is 7.66. The summed E-state index contributed by atoms with van der Waals surface area (Å²) in [5, 5.41) is 19.8. The standard InChI is InChI=1S/C22H22N4O3S/c1-12-7-18(30-11-12)20-16(9-23-25(20)2)13-3-4-15-14(8-13)10-26(22(15)29)17-5-6-19(27)24-21(17)28/h3-4,7-9,11,17,22,29H,5-6,10H2,1-2H3,(H,24,27,28). The molecule has 154 valence electrons. The van der Waals surface area contributed by atoms with Gasteiger partial charge in [-0.2, -0.15) is 5.10 Å². The molecule has 4 heterocycles. The highest BCUT2D eigenvalue weighted by Crippen LogP contribution is 2.40. The minimum atomic E-state index is -0.855. The molecule has 1 aromatic carbocycles. The fraction of sp³-hybridized carbons (Fsp3) is 0.318. The monoisotopic (exact) mass is 422 g/mol. The lowest BCUT2D eigenvalue weighted by atomic mass is 10.00. The van der Waals surface area contributed by atoms with Gasteiger partial charge in [-0.25, -0.2) is 0 Å². The van der Waals surface area contributed by atoms with E-state index in [-0.39, 0.29) is 11.8 Å². The highest BCUT2D eigenvalue weighted by molar-refractivity contribution is 7.13. The van der Waals surface area contributed by atoms with Crippen LogP contribution in [0.3, 0.4) is 0 Å². The second-order valence-electron chi connectivity index (χ2n) is 7.95. The molecule has 0 aliphatic carbocycles. The molecule has 30 heavy (non-hydrogen) atoms. The molecule has 0 spiro atoms. The number of imide groups is 1. The first-order valence-electron chi connectivity index (χ1n) is 9.90. The Balaban J connectivity index is 1.48. The lowest BCUT2D eigenvalue weighted by Crippen LogP contribution is -2.51. The molecule has 2 amide bonds. The molecular weight excluding hydrogens is 400 g/mol. The zero-order valence-electron chi connectivity index (χ0n) is 16.8. The molecule has 3 aromatic rings. The number of fused-ring (bicyclic) bond motifs is 1. The van der Waals surface area contributed by atoms with Gasteiger partial charge in [-0.1, -0.05) is 12.1 Å². The Kier molecular flexibility index (Phi) is 4.57. The van der Waals surface area contributed by atoms with E-state index in [1.807, 2.05) is 30.1 Å². The predicted octanol–water partition coefficient (Wildman–Crippen LogP) is 2.74. The molecule has 5 rings (SSSR count). The van der Waals surface area contributed by atoms with Crippen molar-refractivity contribution >= 4 is 23.2 Å². The summed E-state index contributed by atoms with van der Waals surface area (Å²) in [5.41, 5.74) is 6.15. The van der Waals surface area contributed by atoms with Crippen LogP contribution in [-0.2, 0) is 23.2 Å². The van der Waals surface area contributed by atoms with E-state index in [1.54, 1.807) is 16.2 Å². The second-order valence-corrected chi connectivity index (χ2v) is 8.86. The second kappa shape index (κ2) is 7.16. The average Bonchev–Trinajstić information content (AvgIpc) is 3.39. The number of nitrogens with one attached hydrogen (secondary N) is 1. The maximum atomic E-state index is 12.3. The Morgan fingerprint density at radius 3 is 2.83 bits per heavy atom. The Morgan fingerprint density at radius 1 is 1.27 bits per heavy atom. The zero-order valence-corrected chi connectivity index (χ0v) is 17.6. The summed E-state index contributed by atoms with van der Waals surface area (Å²) in [6.45, 7) is 2.54. The number of carbonyl (C=O) groups excluding carboxylic acids is 2. The van der Waals surface area contributed by atoms with Gasteiger partial charge in [0.25, 0.3) is 0 Å². The van der Waals surface area contributed by atoms with Gasteiger partial charge in [0.1, 0.15) is 6.23 Å². The summed E-state index contributed by atoms with van der Waals surface area (Å²) >= 11 is 1.69. The predicted molar refractivity (Wildman–Crippen MR) is 113 cm³/mol. The third-order valence-electron chi connectivity index (χ3n) is 5.91. The number of thiophene rings is 1. The molecule has 2 aromatic heterocycles. The maximum absolute atomic E-state index is 12.3. The van der Waals surface area contributed by atoms with Crippen molar-refractivity contribution in [3.05, 3.63) is 52.5 Å². The number of piperidine rings is 1. The summed E-state index contributed by atoms with van der Waals surface area (Å²) < 4.78 is 1.89. The molecule has 7 nitrogen and oxygen atoms in total. The first-order chi connectivity index (χ1) is 14.4. The summed E-state index contributed by atoms with van der Waals surface area (Å²) in [5.74, 6) is -0.585. The fourth-order valence-corrected chi connectivity index (χ4v) is 5.39. The van der Waals surface area contributed by atoms with Crippen molar-refractivity contribution < 1.29 is 14.7 Å². The number of hydrogen-bond donors (Lipinski definition) is 2. The lowest BCUT2D eigenvalue weighted by Gasteiger charge is -2.31. The fourth-order valence-electron chi connectivity index (χ4n) is 4.40. The Bertz CT molecular complexity index is 1170. The smallest absolute Gasteiger partial charge is 0.244 e. The number of benzene rings is 1. The molecule has 2 aliphatic rings. The topological polar surface area (TPSA) is 87.5 Å². The number of aromatic nitrogens is 2. The molecule has 0 saturated carbocycles. The highest BCUT2D eigenvalue weighted by Gasteiger charge is 2.39. The van der Waals surface area contributed by atoms with Crippen LogP contribution in [0.15, 0.2) is 35.8 Å². The lowest BCUT2D eigenvalue weighted by molar-refractivity contribution is -0.141. The van der Waals surface area contributed by atoms with E-state index < -0.39 is 12.3 Å². The van der Waals surface area contributed by atoms with Gasteiger partial charge in [0, 0.05) is 25.6 Å². The van der Waals surface area contributed by atoms with E-state index >= 15 is 0 Å². The molecule has 1 saturated heterocycles. The van der Waals surface area contributed by atoms with Crippen LogP contribution in [0.25, 0.3) is 21.7 Å².